The van der Waals surface area contributed by atoms with E-state index in [0.29, 0.717) is 12.5 Å². The fourth-order valence-electron chi connectivity index (χ4n) is 1.94. The Bertz CT molecular complexity index is 400. The maximum Gasteiger partial charge on any atom is 0.270 e. The number of morpholine rings is 1. The van der Waals surface area contributed by atoms with Crippen LogP contribution in [0.3, 0.4) is 0 Å². The van der Waals surface area contributed by atoms with Crippen molar-refractivity contribution in [1.29, 1.82) is 0 Å². The van der Waals surface area contributed by atoms with Gasteiger partial charge in [-0.15, -0.1) is 4.37 Å². The topological polar surface area (TPSA) is 59.5 Å². The quantitative estimate of drug-likeness (QED) is 0.809. The molecule has 0 aliphatic carbocycles. The largest absolute Gasteiger partial charge is 0.474 e. The predicted molar refractivity (Wildman–Crippen MR) is 92.2 cm³/mol. The minimum Gasteiger partial charge on any atom is -0.474 e. The molecule has 0 saturated carbocycles. The smallest absolute Gasteiger partial charge is 0.270 e. The maximum atomic E-state index is 5.76. The molecule has 6 nitrogen and oxygen atoms in total. The minimum absolute atomic E-state index is 0.154. The number of hydrogen-bond acceptors (Lipinski definition) is 7. The van der Waals surface area contributed by atoms with Crippen molar-refractivity contribution in [3.63, 3.8) is 0 Å². The van der Waals surface area contributed by atoms with E-state index >= 15 is 0 Å². The highest BCUT2D eigenvalue weighted by Gasteiger charge is 2.19. The summed E-state index contributed by atoms with van der Waals surface area (Å²) in [6, 6.07) is 0. The van der Waals surface area contributed by atoms with Gasteiger partial charge in [-0.05, 0) is 33.7 Å². The van der Waals surface area contributed by atoms with Gasteiger partial charge in [-0.3, -0.25) is 0 Å². The van der Waals surface area contributed by atoms with Gasteiger partial charge in [0, 0.05) is 18.6 Å². The molecule has 0 atom stereocenters. The van der Waals surface area contributed by atoms with Crippen molar-refractivity contribution < 1.29 is 9.47 Å². The van der Waals surface area contributed by atoms with Crippen LogP contribution in [0, 0.1) is 0 Å². The minimum atomic E-state index is 0.154. The monoisotopic (exact) mass is 330 g/mol. The molecule has 0 aromatic carbocycles. The summed E-state index contributed by atoms with van der Waals surface area (Å²) in [5.74, 6) is 1.52. The highest BCUT2D eigenvalue weighted by atomic mass is 32.1. The zero-order valence-corrected chi connectivity index (χ0v) is 15.3. The summed E-state index contributed by atoms with van der Waals surface area (Å²) in [6.45, 7) is 15.3. The van der Waals surface area contributed by atoms with Crippen molar-refractivity contribution >= 4 is 17.5 Å². The van der Waals surface area contributed by atoms with Crippen molar-refractivity contribution in [2.45, 2.75) is 46.6 Å². The average Bonchev–Trinajstić information content (AvgIpc) is 2.97. The second kappa shape index (κ2) is 9.97. The van der Waals surface area contributed by atoms with Gasteiger partial charge in [-0.25, -0.2) is 0 Å². The molecular formula is C15H30N4O2S. The number of aromatic nitrogens is 2. The predicted octanol–water partition coefficient (Wildman–Crippen LogP) is 2.56. The number of nitrogens with one attached hydrogen (secondary N) is 1. The summed E-state index contributed by atoms with van der Waals surface area (Å²) in [7, 11) is 0. The Hall–Kier alpha value is -0.920. The van der Waals surface area contributed by atoms with E-state index in [9.17, 15) is 0 Å². The maximum absolute atomic E-state index is 5.76. The summed E-state index contributed by atoms with van der Waals surface area (Å²) in [6.07, 6.45) is 0.956. The summed E-state index contributed by atoms with van der Waals surface area (Å²) in [4.78, 5) is 2.18. The molecule has 0 unspecified atom stereocenters. The van der Waals surface area contributed by atoms with Crippen LogP contribution in [0.5, 0.6) is 5.88 Å². The molecule has 0 spiro atoms. The third-order valence-electron chi connectivity index (χ3n) is 2.97. The lowest BCUT2D eigenvalue weighted by Crippen LogP contribution is -2.37. The van der Waals surface area contributed by atoms with Crippen LogP contribution in [0.4, 0.5) is 5.82 Å². The van der Waals surface area contributed by atoms with Crippen LogP contribution in [0.2, 0.25) is 0 Å². The number of nitrogens with zero attached hydrogens (tertiary/aromatic N) is 3. The van der Waals surface area contributed by atoms with Crippen LogP contribution in [0.15, 0.2) is 0 Å². The molecule has 22 heavy (non-hydrogen) atoms. The van der Waals surface area contributed by atoms with Gasteiger partial charge in [0.05, 0.1) is 31.5 Å². The summed E-state index contributed by atoms with van der Waals surface area (Å²) in [5, 5.41) is 3.44. The zero-order valence-electron chi connectivity index (χ0n) is 14.5. The van der Waals surface area contributed by atoms with E-state index < -0.39 is 0 Å². The first-order valence-corrected chi connectivity index (χ1v) is 8.82. The molecule has 1 aromatic heterocycles. The molecule has 1 aliphatic heterocycles. The lowest BCUT2D eigenvalue weighted by atomic mass is 10.1. The molecule has 1 aliphatic rings. The van der Waals surface area contributed by atoms with Gasteiger partial charge in [0.15, 0.2) is 0 Å². The van der Waals surface area contributed by atoms with Crippen LogP contribution >= 0.6 is 11.7 Å². The number of anilines is 1. The second-order valence-electron chi connectivity index (χ2n) is 5.87. The lowest BCUT2D eigenvalue weighted by molar-refractivity contribution is 0.122. The van der Waals surface area contributed by atoms with Gasteiger partial charge >= 0.3 is 0 Å². The summed E-state index contributed by atoms with van der Waals surface area (Å²) >= 11 is 1.20. The molecule has 0 amide bonds. The molecule has 7 heteroatoms. The molecule has 2 heterocycles. The molecule has 1 N–H and O–H groups in total. The van der Waals surface area contributed by atoms with E-state index in [1.165, 1.54) is 11.7 Å². The summed E-state index contributed by atoms with van der Waals surface area (Å²) < 4.78 is 19.7. The van der Waals surface area contributed by atoms with Crippen LogP contribution in [-0.4, -0.2) is 53.7 Å². The Balaban J connectivity index is 0.00000116. The van der Waals surface area contributed by atoms with Gasteiger partial charge in [-0.1, -0.05) is 13.8 Å². The normalized spacial score (nSPS) is 15.2. The Morgan fingerprint density at radius 1 is 1.23 bits per heavy atom. The van der Waals surface area contributed by atoms with Gasteiger partial charge in [-0.2, -0.15) is 4.37 Å². The second-order valence-corrected chi connectivity index (χ2v) is 6.40. The fraction of sp³-hybridized carbons (Fsp3) is 0.867. The first-order valence-electron chi connectivity index (χ1n) is 8.09. The molecule has 1 saturated heterocycles. The van der Waals surface area contributed by atoms with E-state index in [0.717, 1.165) is 45.1 Å². The van der Waals surface area contributed by atoms with Gasteiger partial charge < -0.3 is 19.7 Å². The van der Waals surface area contributed by atoms with Crippen LogP contribution in [0.25, 0.3) is 0 Å². The van der Waals surface area contributed by atoms with E-state index in [1.807, 2.05) is 13.8 Å². The van der Waals surface area contributed by atoms with Crippen LogP contribution in [-0.2, 0) is 4.74 Å². The molecule has 1 aromatic rings. The first kappa shape index (κ1) is 19.1. The molecule has 2 rings (SSSR count). The van der Waals surface area contributed by atoms with E-state index in [4.69, 9.17) is 9.47 Å². The van der Waals surface area contributed by atoms with Crippen molar-refractivity contribution in [3.05, 3.63) is 0 Å². The van der Waals surface area contributed by atoms with Gasteiger partial charge in [0.1, 0.15) is 0 Å². The molecule has 0 bridgehead atoms. The van der Waals surface area contributed by atoms with Gasteiger partial charge in [0.2, 0.25) is 5.82 Å². The Labute approximate surface area is 138 Å². The zero-order chi connectivity index (χ0) is 16.4. The first-order chi connectivity index (χ1) is 10.6. The molecule has 128 valence electrons. The lowest BCUT2D eigenvalue weighted by Gasteiger charge is -2.26. The van der Waals surface area contributed by atoms with Crippen LogP contribution in [0.1, 0.15) is 41.0 Å². The highest BCUT2D eigenvalue weighted by Crippen LogP contribution is 2.26. The van der Waals surface area contributed by atoms with E-state index in [-0.39, 0.29) is 5.54 Å². The summed E-state index contributed by atoms with van der Waals surface area (Å²) in [5.41, 5.74) is 0.154. The molecule has 1 fully saturated rings. The standard InChI is InChI=1S/C13H24N4O2S.C2H6/c1-13(2,3)14-5-4-8-19-12-11(15-20-16-12)17-6-9-18-10-7-17;1-2/h14H,4-10H2,1-3H3;1-2H3. The van der Waals surface area contributed by atoms with Crippen molar-refractivity contribution in [1.82, 2.24) is 14.1 Å². The third-order valence-corrected chi connectivity index (χ3v) is 3.47. The van der Waals surface area contributed by atoms with E-state index in [2.05, 4.69) is 39.7 Å². The fourth-order valence-corrected chi connectivity index (χ4v) is 2.46. The Morgan fingerprint density at radius 3 is 2.55 bits per heavy atom. The number of rotatable bonds is 6. The Kier molecular flexibility index (Phi) is 8.67. The van der Waals surface area contributed by atoms with Crippen molar-refractivity contribution in [2.75, 3.05) is 44.4 Å². The number of ether oxygens (including phenoxy) is 2. The van der Waals surface area contributed by atoms with Crippen molar-refractivity contribution in [2.24, 2.45) is 0 Å². The van der Waals surface area contributed by atoms with E-state index in [1.54, 1.807) is 0 Å². The third kappa shape index (κ3) is 6.89. The van der Waals surface area contributed by atoms with Gasteiger partial charge in [0.25, 0.3) is 5.88 Å². The SMILES string of the molecule is CC.CC(C)(C)NCCCOc1nsnc1N1CCOCC1. The molecule has 0 radical (unpaired) electrons. The Morgan fingerprint density at radius 2 is 1.91 bits per heavy atom. The van der Waals surface area contributed by atoms with Crippen molar-refractivity contribution in [3.8, 4) is 5.88 Å². The van der Waals surface area contributed by atoms with Crippen LogP contribution < -0.4 is 15.0 Å². The average molecular weight is 330 g/mol. The highest BCUT2D eigenvalue weighted by molar-refractivity contribution is 6.99. The molecular weight excluding hydrogens is 300 g/mol. The number of hydrogen-bond donors (Lipinski definition) is 1.